The Morgan fingerprint density at radius 1 is 1.25 bits per heavy atom. The van der Waals surface area contributed by atoms with Crippen molar-refractivity contribution >= 4 is 18.1 Å². The van der Waals surface area contributed by atoms with Crippen LogP contribution in [0.15, 0.2) is 0 Å². The zero-order valence-corrected chi connectivity index (χ0v) is 7.54. The van der Waals surface area contributed by atoms with Gasteiger partial charge in [-0.1, -0.05) is 5.67 Å². The van der Waals surface area contributed by atoms with E-state index in [0.717, 1.165) is 18.1 Å². The zero-order chi connectivity index (χ0) is 2.12. The minimum atomic E-state index is 0. The first-order valence-corrected chi connectivity index (χ1v) is 7.50. The SMILES string of the molecule is C1[SiH2][SiH2]1.[Pt]. The van der Waals surface area contributed by atoms with Crippen molar-refractivity contribution in [1.29, 1.82) is 0 Å². The van der Waals surface area contributed by atoms with Gasteiger partial charge in [-0.3, -0.25) is 0 Å². The van der Waals surface area contributed by atoms with Crippen molar-refractivity contribution in [3.05, 3.63) is 0 Å². The molecular weight excluding hydrogens is 263 g/mol. The molecule has 1 saturated heterocycles. The average Bonchev–Trinajstić information content (AvgIpc) is 1.46. The van der Waals surface area contributed by atoms with Gasteiger partial charge in [-0.15, -0.1) is 0 Å². The Bertz CT molecular complexity index is 10.8. The van der Waals surface area contributed by atoms with E-state index < -0.39 is 0 Å². The summed E-state index contributed by atoms with van der Waals surface area (Å²) in [4.78, 5) is 0. The van der Waals surface area contributed by atoms with E-state index in [-0.39, 0.29) is 21.1 Å². The molecule has 1 aliphatic rings. The maximum atomic E-state index is 1.78. The Morgan fingerprint density at radius 2 is 1.50 bits per heavy atom. The zero-order valence-electron chi connectivity index (χ0n) is 2.44. The van der Waals surface area contributed by atoms with Gasteiger partial charge in [0.1, 0.15) is 0 Å². The molecule has 4 heavy (non-hydrogen) atoms. The van der Waals surface area contributed by atoms with Gasteiger partial charge in [-0.25, -0.2) is 0 Å². The van der Waals surface area contributed by atoms with E-state index in [9.17, 15) is 0 Å². The summed E-state index contributed by atoms with van der Waals surface area (Å²) >= 11 is 0. The molecule has 0 atom stereocenters. The molecule has 0 unspecified atom stereocenters. The topological polar surface area (TPSA) is 0 Å². The van der Waals surface area contributed by atoms with Crippen molar-refractivity contribution in [3.8, 4) is 0 Å². The van der Waals surface area contributed by atoms with Crippen LogP contribution in [-0.4, -0.2) is 18.1 Å². The maximum absolute atomic E-state index is 1.78. The summed E-state index contributed by atoms with van der Waals surface area (Å²) in [5.41, 5.74) is 1.78. The Hall–Kier alpha value is 1.12. The largest absolute Gasteiger partial charge is 0.0767 e. The van der Waals surface area contributed by atoms with Gasteiger partial charge < -0.3 is 0 Å². The van der Waals surface area contributed by atoms with E-state index in [2.05, 4.69) is 0 Å². The molecule has 0 aromatic rings. The van der Waals surface area contributed by atoms with Crippen LogP contribution in [0, 0.1) is 0 Å². The summed E-state index contributed by atoms with van der Waals surface area (Å²) in [6, 6.07) is 0. The van der Waals surface area contributed by atoms with Crippen LogP contribution in [0.2, 0.25) is 5.67 Å². The number of hydrogen-bond acceptors (Lipinski definition) is 0. The van der Waals surface area contributed by atoms with Gasteiger partial charge in [0.05, 0.1) is 0 Å². The van der Waals surface area contributed by atoms with Crippen LogP contribution in [0.4, 0.5) is 0 Å². The van der Waals surface area contributed by atoms with Crippen LogP contribution in [0.1, 0.15) is 0 Å². The monoisotopic (exact) mass is 269 g/mol. The number of hydrogen-bond donors (Lipinski definition) is 0. The predicted molar refractivity (Wildman–Crippen MR) is 21.9 cm³/mol. The molecule has 0 aromatic heterocycles. The third-order valence-corrected chi connectivity index (χ3v) is 3.18. The molecule has 0 saturated carbocycles. The van der Waals surface area contributed by atoms with Gasteiger partial charge in [-0.05, 0) is 0 Å². The van der Waals surface area contributed by atoms with Gasteiger partial charge in [0.15, 0.2) is 0 Å². The fraction of sp³-hybridized carbons (Fsp3) is 1.00. The number of rotatable bonds is 0. The Morgan fingerprint density at radius 3 is 1.50 bits per heavy atom. The van der Waals surface area contributed by atoms with E-state index in [1.807, 2.05) is 0 Å². The Labute approximate surface area is 45.1 Å². The molecule has 0 bridgehead atoms. The molecule has 0 aromatic carbocycles. The van der Waals surface area contributed by atoms with Crippen molar-refractivity contribution in [1.82, 2.24) is 0 Å². The summed E-state index contributed by atoms with van der Waals surface area (Å²) in [5, 5.41) is 0. The summed E-state index contributed by atoms with van der Waals surface area (Å²) in [7, 11) is 1.61. The third kappa shape index (κ3) is 3.12. The fourth-order valence-corrected chi connectivity index (χ4v) is 0. The van der Waals surface area contributed by atoms with E-state index >= 15 is 0 Å². The molecule has 28 valence electrons. The second-order valence-corrected chi connectivity index (χ2v) is 9.55. The Balaban J connectivity index is 0.0000000900. The second kappa shape index (κ2) is 2.36. The molecule has 1 fully saturated rings. The normalized spacial score (nSPS) is 30.0. The fourth-order valence-electron chi connectivity index (χ4n) is 0. The first-order valence-electron chi connectivity index (χ1n) is 1.50. The molecule has 0 radical (unpaired) electrons. The van der Waals surface area contributed by atoms with Crippen LogP contribution in [0.25, 0.3) is 0 Å². The first kappa shape index (κ1) is 5.12. The van der Waals surface area contributed by atoms with Crippen LogP contribution >= 0.6 is 0 Å². The van der Waals surface area contributed by atoms with Crippen LogP contribution in [0.5, 0.6) is 0 Å². The van der Waals surface area contributed by atoms with Crippen LogP contribution in [0.3, 0.4) is 0 Å². The van der Waals surface area contributed by atoms with Crippen LogP contribution < -0.4 is 0 Å². The average molecular weight is 269 g/mol. The van der Waals surface area contributed by atoms with Gasteiger partial charge in [0.25, 0.3) is 0 Å². The van der Waals surface area contributed by atoms with Gasteiger partial charge >= 0.3 is 0 Å². The minimum Gasteiger partial charge on any atom is -0.0767 e. The maximum Gasteiger partial charge on any atom is 0.00424 e. The molecule has 0 N–H and O–H groups in total. The van der Waals surface area contributed by atoms with Gasteiger partial charge in [-0.2, -0.15) is 0 Å². The molecule has 0 aliphatic carbocycles. The summed E-state index contributed by atoms with van der Waals surface area (Å²) in [6.07, 6.45) is 0. The predicted octanol–water partition coefficient (Wildman–Crippen LogP) is -1.37. The summed E-state index contributed by atoms with van der Waals surface area (Å²) in [5.74, 6) is 0. The second-order valence-electron chi connectivity index (χ2n) is 1.06. The standard InChI is InChI=1S/CH6Si2.Pt/c1-2-3-1;/h1-3H2;. The molecule has 1 rings (SSSR count). The van der Waals surface area contributed by atoms with Crippen molar-refractivity contribution in [2.75, 3.05) is 0 Å². The third-order valence-electron chi connectivity index (χ3n) is 0.354. The van der Waals surface area contributed by atoms with Crippen molar-refractivity contribution in [2.24, 2.45) is 0 Å². The molecule has 0 nitrogen and oxygen atoms in total. The Kier molecular flexibility index (Phi) is 3.03. The molecule has 0 spiro atoms. The minimum absolute atomic E-state index is 0. The van der Waals surface area contributed by atoms with E-state index in [1.54, 1.807) is 5.67 Å². The smallest absolute Gasteiger partial charge is 0.00424 e. The molecule has 1 aliphatic heterocycles. The molecule has 1 heterocycles. The quantitative estimate of drug-likeness (QED) is 0.476. The first-order chi connectivity index (χ1) is 1.50. The van der Waals surface area contributed by atoms with Gasteiger partial charge in [0.2, 0.25) is 0 Å². The van der Waals surface area contributed by atoms with Gasteiger partial charge in [0, 0.05) is 39.1 Å². The van der Waals surface area contributed by atoms with Crippen LogP contribution in [-0.2, 0) is 21.1 Å². The van der Waals surface area contributed by atoms with Crippen molar-refractivity contribution < 1.29 is 21.1 Å². The summed E-state index contributed by atoms with van der Waals surface area (Å²) < 4.78 is 0. The summed E-state index contributed by atoms with van der Waals surface area (Å²) in [6.45, 7) is 0. The molecule has 0 amide bonds. The molecule has 3 heteroatoms. The van der Waals surface area contributed by atoms with E-state index in [1.165, 1.54) is 0 Å². The van der Waals surface area contributed by atoms with E-state index in [0.29, 0.717) is 0 Å². The van der Waals surface area contributed by atoms with Crippen molar-refractivity contribution in [3.63, 3.8) is 0 Å². The van der Waals surface area contributed by atoms with Crippen molar-refractivity contribution in [2.45, 2.75) is 5.67 Å². The van der Waals surface area contributed by atoms with E-state index in [4.69, 9.17) is 0 Å². The molecular formula is CH6PtSi2.